The Kier molecular flexibility index (Phi) is 2.73. The molecule has 0 aliphatic carbocycles. The predicted molar refractivity (Wildman–Crippen MR) is 78.7 cm³/mol. The third kappa shape index (κ3) is 1.83. The molecule has 0 fully saturated rings. The number of nitrogens with zero attached hydrogens (tertiary/aromatic N) is 3. The number of rotatable bonds is 1. The minimum Gasteiger partial charge on any atom is -0.365 e. The molecule has 0 N–H and O–H groups in total. The van der Waals surface area contributed by atoms with Gasteiger partial charge in [-0.15, -0.1) is 0 Å². The monoisotopic (exact) mass is 275 g/mol. The van der Waals surface area contributed by atoms with E-state index in [0.29, 0.717) is 12.2 Å². The number of hydrogen-bond donors (Lipinski definition) is 0. The number of aromatic nitrogens is 2. The van der Waals surface area contributed by atoms with E-state index in [1.54, 1.807) is 0 Å². The zero-order valence-electron chi connectivity index (χ0n) is 11.4. The second-order valence-corrected chi connectivity index (χ2v) is 5.12. The summed E-state index contributed by atoms with van der Waals surface area (Å²) in [5.74, 6) is 0. The highest BCUT2D eigenvalue weighted by Gasteiger charge is 2.24. The minimum atomic E-state index is -0.126. The third-order valence-corrected chi connectivity index (χ3v) is 3.99. The first-order valence-electron chi connectivity index (χ1n) is 6.92. The van der Waals surface area contributed by atoms with Crippen LogP contribution in [0.5, 0.6) is 0 Å². The van der Waals surface area contributed by atoms with Crippen LogP contribution in [0.4, 0.5) is 0 Å². The fourth-order valence-corrected chi connectivity index (χ4v) is 2.99. The highest BCUT2D eigenvalue weighted by molar-refractivity contribution is 5.91. The maximum Gasteiger partial charge on any atom is 0.125 e. The van der Waals surface area contributed by atoms with Gasteiger partial charge >= 0.3 is 0 Å². The molecule has 0 radical (unpaired) electrons. The van der Waals surface area contributed by atoms with Gasteiger partial charge in [-0.2, -0.15) is 5.26 Å². The van der Waals surface area contributed by atoms with Gasteiger partial charge in [0, 0.05) is 6.54 Å². The molecule has 4 rings (SSSR count). The molecule has 2 aromatic carbocycles. The summed E-state index contributed by atoms with van der Waals surface area (Å²) in [5.41, 5.74) is 2.85. The normalized spacial score (nSPS) is 17.4. The Morgan fingerprint density at radius 2 is 2.05 bits per heavy atom. The number of ether oxygens (including phenoxy) is 1. The first kappa shape index (κ1) is 12.1. The van der Waals surface area contributed by atoms with Crippen LogP contribution in [0.15, 0.2) is 48.9 Å². The summed E-state index contributed by atoms with van der Waals surface area (Å²) >= 11 is 0. The van der Waals surface area contributed by atoms with E-state index >= 15 is 0 Å². The van der Waals surface area contributed by atoms with Crippen molar-refractivity contribution in [3.63, 3.8) is 0 Å². The van der Waals surface area contributed by atoms with E-state index in [-0.39, 0.29) is 6.10 Å². The minimum absolute atomic E-state index is 0.126. The topological polar surface area (TPSA) is 50.8 Å². The third-order valence-electron chi connectivity index (χ3n) is 3.99. The van der Waals surface area contributed by atoms with Crippen molar-refractivity contribution in [1.82, 2.24) is 9.55 Å². The molecule has 0 bridgehead atoms. The summed E-state index contributed by atoms with van der Waals surface area (Å²) in [6.07, 6.45) is 3.58. The van der Waals surface area contributed by atoms with Crippen LogP contribution in [0.2, 0.25) is 0 Å². The second-order valence-electron chi connectivity index (χ2n) is 5.12. The van der Waals surface area contributed by atoms with Gasteiger partial charge in [-0.05, 0) is 22.4 Å². The smallest absolute Gasteiger partial charge is 0.125 e. The van der Waals surface area contributed by atoms with Crippen molar-refractivity contribution in [1.29, 1.82) is 5.26 Å². The zero-order chi connectivity index (χ0) is 14.2. The number of hydrogen-bond acceptors (Lipinski definition) is 3. The van der Waals surface area contributed by atoms with Gasteiger partial charge in [0.2, 0.25) is 0 Å². The van der Waals surface area contributed by atoms with E-state index in [2.05, 4.69) is 15.6 Å². The molecule has 102 valence electrons. The van der Waals surface area contributed by atoms with Crippen molar-refractivity contribution in [2.75, 3.05) is 6.61 Å². The number of benzene rings is 2. The first-order valence-corrected chi connectivity index (χ1v) is 6.92. The molecule has 0 amide bonds. The van der Waals surface area contributed by atoms with Gasteiger partial charge in [0.15, 0.2) is 0 Å². The van der Waals surface area contributed by atoms with Crippen LogP contribution >= 0.6 is 0 Å². The molecule has 3 aromatic rings. The number of nitriles is 1. The average molecular weight is 275 g/mol. The Morgan fingerprint density at radius 3 is 2.90 bits per heavy atom. The van der Waals surface area contributed by atoms with Gasteiger partial charge in [0.1, 0.15) is 6.10 Å². The lowest BCUT2D eigenvalue weighted by Crippen LogP contribution is -2.21. The van der Waals surface area contributed by atoms with E-state index < -0.39 is 0 Å². The molecule has 1 unspecified atom stereocenters. The predicted octanol–water partition coefficient (Wildman–Crippen LogP) is 3.03. The quantitative estimate of drug-likeness (QED) is 0.686. The Bertz CT molecular complexity index is 860. The maximum atomic E-state index is 9.27. The van der Waals surface area contributed by atoms with Crippen molar-refractivity contribution in [2.24, 2.45) is 0 Å². The molecule has 21 heavy (non-hydrogen) atoms. The van der Waals surface area contributed by atoms with Crippen LogP contribution in [0, 0.1) is 11.3 Å². The maximum absolute atomic E-state index is 9.27. The van der Waals surface area contributed by atoms with Gasteiger partial charge in [0.25, 0.3) is 0 Å². The summed E-state index contributed by atoms with van der Waals surface area (Å²) in [5, 5.41) is 11.3. The van der Waals surface area contributed by atoms with Crippen LogP contribution in [-0.2, 0) is 11.3 Å². The molecule has 1 atom stereocenters. The van der Waals surface area contributed by atoms with E-state index in [1.807, 2.05) is 48.9 Å². The van der Waals surface area contributed by atoms with Crippen molar-refractivity contribution in [3.8, 4) is 6.07 Å². The van der Waals surface area contributed by atoms with E-state index in [4.69, 9.17) is 4.74 Å². The fourth-order valence-electron chi connectivity index (χ4n) is 2.99. The molecule has 0 saturated carbocycles. The lowest BCUT2D eigenvalue weighted by Gasteiger charge is -2.26. The Labute approximate surface area is 122 Å². The summed E-state index contributed by atoms with van der Waals surface area (Å²) < 4.78 is 8.11. The van der Waals surface area contributed by atoms with Gasteiger partial charge in [-0.1, -0.05) is 30.3 Å². The fraction of sp³-hybridized carbons (Fsp3) is 0.176. The van der Waals surface area contributed by atoms with Crippen LogP contribution in [-0.4, -0.2) is 16.2 Å². The molecule has 2 heterocycles. The molecule has 4 nitrogen and oxygen atoms in total. The van der Waals surface area contributed by atoms with Crippen molar-refractivity contribution in [3.05, 3.63) is 65.7 Å². The molecule has 0 saturated heterocycles. The average Bonchev–Trinajstić information content (AvgIpc) is 3.02. The summed E-state index contributed by atoms with van der Waals surface area (Å²) in [4.78, 5) is 4.22. The Morgan fingerprint density at radius 1 is 1.19 bits per heavy atom. The van der Waals surface area contributed by atoms with Crippen LogP contribution in [0.3, 0.4) is 0 Å². The van der Waals surface area contributed by atoms with Crippen LogP contribution < -0.4 is 0 Å². The van der Waals surface area contributed by atoms with Crippen molar-refractivity contribution < 1.29 is 4.74 Å². The summed E-state index contributed by atoms with van der Waals surface area (Å²) in [6, 6.07) is 14.1. The lowest BCUT2D eigenvalue weighted by atomic mass is 9.95. The van der Waals surface area contributed by atoms with E-state index in [1.165, 1.54) is 0 Å². The molecular formula is C17H13N3O. The van der Waals surface area contributed by atoms with E-state index in [9.17, 15) is 5.26 Å². The Hall–Kier alpha value is -2.64. The van der Waals surface area contributed by atoms with Crippen molar-refractivity contribution >= 4 is 10.8 Å². The molecular weight excluding hydrogens is 262 g/mol. The molecule has 1 aromatic heterocycles. The van der Waals surface area contributed by atoms with Crippen molar-refractivity contribution in [2.45, 2.75) is 12.6 Å². The van der Waals surface area contributed by atoms with Gasteiger partial charge < -0.3 is 9.30 Å². The molecule has 1 aliphatic rings. The number of fused-ring (bicyclic) bond motifs is 2. The first-order chi connectivity index (χ1) is 10.4. The van der Waals surface area contributed by atoms with Gasteiger partial charge in [-0.3, -0.25) is 0 Å². The highest BCUT2D eigenvalue weighted by atomic mass is 16.5. The van der Waals surface area contributed by atoms with E-state index in [0.717, 1.165) is 28.6 Å². The molecule has 4 heteroatoms. The summed E-state index contributed by atoms with van der Waals surface area (Å²) in [7, 11) is 0. The molecule has 0 spiro atoms. The zero-order valence-corrected chi connectivity index (χ0v) is 11.4. The highest BCUT2D eigenvalue weighted by Crippen LogP contribution is 2.34. The van der Waals surface area contributed by atoms with Crippen LogP contribution in [0.1, 0.15) is 22.9 Å². The SMILES string of the molecule is N#Cc1ccc(C2OCCn3cncc32)c2ccccc12. The van der Waals surface area contributed by atoms with Crippen LogP contribution in [0.25, 0.3) is 10.8 Å². The van der Waals surface area contributed by atoms with Gasteiger partial charge in [-0.25, -0.2) is 4.98 Å². The largest absolute Gasteiger partial charge is 0.365 e. The summed E-state index contributed by atoms with van der Waals surface area (Å²) in [6.45, 7) is 1.50. The standard InChI is InChI=1S/C17H13N3O/c18-9-12-5-6-15(14-4-2-1-3-13(12)14)17-16-10-19-11-20(16)7-8-21-17/h1-6,10-11,17H,7-8H2. The Balaban J connectivity index is 1.96. The van der Waals surface area contributed by atoms with Gasteiger partial charge in [0.05, 0.1) is 36.5 Å². The lowest BCUT2D eigenvalue weighted by molar-refractivity contribution is 0.0473. The number of imidazole rings is 1. The second kappa shape index (κ2) is 4.72. The molecule has 1 aliphatic heterocycles.